The minimum absolute atomic E-state index is 0.207. The number of hydrogen-bond donors (Lipinski definition) is 1. The Labute approximate surface area is 87.0 Å². The summed E-state index contributed by atoms with van der Waals surface area (Å²) < 4.78 is 0. The van der Waals surface area contributed by atoms with E-state index < -0.39 is 0 Å². The van der Waals surface area contributed by atoms with Crippen molar-refractivity contribution in [2.75, 3.05) is 40.3 Å². The summed E-state index contributed by atoms with van der Waals surface area (Å²) in [5, 5.41) is 0. The molecule has 0 rings (SSSR count). The molecule has 0 unspecified atom stereocenters. The lowest BCUT2D eigenvalue weighted by Gasteiger charge is -2.19. The van der Waals surface area contributed by atoms with Gasteiger partial charge in [-0.25, -0.2) is 0 Å². The number of carbonyl (C=O) groups is 1. The molecule has 0 radical (unpaired) electrons. The van der Waals surface area contributed by atoms with Crippen molar-refractivity contribution in [1.82, 2.24) is 9.80 Å². The van der Waals surface area contributed by atoms with Crippen LogP contribution < -0.4 is 5.73 Å². The zero-order valence-corrected chi connectivity index (χ0v) is 9.62. The summed E-state index contributed by atoms with van der Waals surface area (Å²) in [4.78, 5) is 15.4. The second-order valence-electron chi connectivity index (χ2n) is 3.60. The van der Waals surface area contributed by atoms with Crippen LogP contribution in [0.15, 0.2) is 0 Å². The van der Waals surface area contributed by atoms with E-state index in [-0.39, 0.29) is 5.91 Å². The zero-order valence-electron chi connectivity index (χ0n) is 9.62. The molecule has 0 heterocycles. The highest BCUT2D eigenvalue weighted by molar-refractivity contribution is 5.76. The Bertz CT molecular complexity index is 161. The van der Waals surface area contributed by atoms with Crippen LogP contribution in [0, 0.1) is 0 Å². The number of amides is 1. The van der Waals surface area contributed by atoms with Gasteiger partial charge >= 0.3 is 0 Å². The number of hydrogen-bond acceptors (Lipinski definition) is 3. The van der Waals surface area contributed by atoms with Crippen molar-refractivity contribution in [3.8, 4) is 0 Å². The molecule has 0 aromatic heterocycles. The highest BCUT2D eigenvalue weighted by Gasteiger charge is 2.08. The summed E-state index contributed by atoms with van der Waals surface area (Å²) in [5.74, 6) is 0.207. The van der Waals surface area contributed by atoms with Gasteiger partial charge in [0.25, 0.3) is 0 Å². The average Bonchev–Trinajstić information content (AvgIpc) is 2.21. The molecule has 0 aromatic rings. The minimum Gasteiger partial charge on any atom is -0.346 e. The molecule has 84 valence electrons. The molecular formula is C10H23N3O. The molecule has 0 atom stereocenters. The molecule has 0 aliphatic rings. The van der Waals surface area contributed by atoms with Crippen molar-refractivity contribution in [2.24, 2.45) is 5.73 Å². The Morgan fingerprint density at radius 1 is 1.29 bits per heavy atom. The second kappa shape index (κ2) is 7.76. The summed E-state index contributed by atoms with van der Waals surface area (Å²) in [6, 6.07) is 0. The molecule has 4 nitrogen and oxygen atoms in total. The predicted octanol–water partition coefficient (Wildman–Crippen LogP) is 0.135. The Balaban J connectivity index is 3.61. The molecule has 0 spiro atoms. The van der Waals surface area contributed by atoms with Gasteiger partial charge in [0.15, 0.2) is 0 Å². The third-order valence-corrected chi connectivity index (χ3v) is 2.37. The van der Waals surface area contributed by atoms with E-state index in [1.807, 2.05) is 14.1 Å². The van der Waals surface area contributed by atoms with Crippen molar-refractivity contribution in [3.63, 3.8) is 0 Å². The summed E-state index contributed by atoms with van der Waals surface area (Å²) >= 11 is 0. The Hall–Kier alpha value is -0.610. The standard InChI is InChI=1S/C10H23N3O/c1-4-12(2)9-6-10(14)13(3)8-5-7-11/h4-9,11H2,1-3H3. The van der Waals surface area contributed by atoms with Crippen LogP contribution >= 0.6 is 0 Å². The minimum atomic E-state index is 0.207. The van der Waals surface area contributed by atoms with E-state index >= 15 is 0 Å². The van der Waals surface area contributed by atoms with Gasteiger partial charge in [0.1, 0.15) is 0 Å². The van der Waals surface area contributed by atoms with E-state index in [9.17, 15) is 4.79 Å². The van der Waals surface area contributed by atoms with Gasteiger partial charge in [-0.2, -0.15) is 0 Å². The Kier molecular flexibility index (Phi) is 7.42. The molecule has 0 saturated carbocycles. The van der Waals surface area contributed by atoms with Crippen molar-refractivity contribution in [1.29, 1.82) is 0 Å². The van der Waals surface area contributed by atoms with E-state index in [0.29, 0.717) is 13.0 Å². The first-order valence-electron chi connectivity index (χ1n) is 5.24. The van der Waals surface area contributed by atoms with Gasteiger partial charge < -0.3 is 15.5 Å². The van der Waals surface area contributed by atoms with Crippen molar-refractivity contribution >= 4 is 5.91 Å². The molecule has 4 heteroatoms. The summed E-state index contributed by atoms with van der Waals surface area (Å²) in [5.41, 5.74) is 5.37. The lowest BCUT2D eigenvalue weighted by molar-refractivity contribution is -0.130. The Morgan fingerprint density at radius 2 is 1.93 bits per heavy atom. The van der Waals surface area contributed by atoms with Crippen LogP contribution in [0.3, 0.4) is 0 Å². The maximum absolute atomic E-state index is 11.5. The maximum Gasteiger partial charge on any atom is 0.223 e. The second-order valence-corrected chi connectivity index (χ2v) is 3.60. The molecule has 0 saturated heterocycles. The first kappa shape index (κ1) is 13.4. The molecule has 2 N–H and O–H groups in total. The summed E-state index contributed by atoms with van der Waals surface area (Å²) in [6.07, 6.45) is 1.48. The number of carbonyl (C=O) groups excluding carboxylic acids is 1. The summed E-state index contributed by atoms with van der Waals surface area (Å²) in [6.45, 7) is 5.32. The lowest BCUT2D eigenvalue weighted by atomic mass is 10.3. The van der Waals surface area contributed by atoms with Gasteiger partial charge in [0.05, 0.1) is 0 Å². The molecule has 0 bridgehead atoms. The van der Waals surface area contributed by atoms with Crippen LogP contribution in [0.4, 0.5) is 0 Å². The van der Waals surface area contributed by atoms with Crippen LogP contribution in [-0.2, 0) is 4.79 Å². The largest absolute Gasteiger partial charge is 0.346 e. The molecule has 1 amide bonds. The van der Waals surface area contributed by atoms with E-state index in [4.69, 9.17) is 5.73 Å². The fraction of sp³-hybridized carbons (Fsp3) is 0.900. The number of nitrogens with zero attached hydrogens (tertiary/aromatic N) is 2. The quantitative estimate of drug-likeness (QED) is 0.637. The van der Waals surface area contributed by atoms with Gasteiger partial charge in [0, 0.05) is 26.6 Å². The summed E-state index contributed by atoms with van der Waals surface area (Å²) in [7, 11) is 3.86. The zero-order chi connectivity index (χ0) is 11.0. The van der Waals surface area contributed by atoms with Crippen LogP contribution in [0.25, 0.3) is 0 Å². The monoisotopic (exact) mass is 201 g/mol. The highest BCUT2D eigenvalue weighted by atomic mass is 16.2. The van der Waals surface area contributed by atoms with Crippen LogP contribution in [0.5, 0.6) is 0 Å². The highest BCUT2D eigenvalue weighted by Crippen LogP contribution is 1.94. The lowest BCUT2D eigenvalue weighted by Crippen LogP contribution is -2.32. The normalized spacial score (nSPS) is 10.6. The maximum atomic E-state index is 11.5. The fourth-order valence-corrected chi connectivity index (χ4v) is 1.09. The third-order valence-electron chi connectivity index (χ3n) is 2.37. The first-order chi connectivity index (χ1) is 6.61. The molecule has 0 fully saturated rings. The third kappa shape index (κ3) is 5.94. The van der Waals surface area contributed by atoms with Crippen LogP contribution in [0.1, 0.15) is 19.8 Å². The fourth-order valence-electron chi connectivity index (χ4n) is 1.09. The van der Waals surface area contributed by atoms with Gasteiger partial charge in [0.2, 0.25) is 5.91 Å². The number of rotatable bonds is 7. The average molecular weight is 201 g/mol. The Morgan fingerprint density at radius 3 is 2.43 bits per heavy atom. The van der Waals surface area contributed by atoms with Crippen LogP contribution in [0.2, 0.25) is 0 Å². The van der Waals surface area contributed by atoms with E-state index in [1.165, 1.54) is 0 Å². The number of nitrogens with two attached hydrogens (primary N) is 1. The molecular weight excluding hydrogens is 178 g/mol. The van der Waals surface area contributed by atoms with Gasteiger partial charge in [-0.3, -0.25) is 4.79 Å². The van der Waals surface area contributed by atoms with Gasteiger partial charge in [-0.15, -0.1) is 0 Å². The van der Waals surface area contributed by atoms with E-state index in [1.54, 1.807) is 4.90 Å². The van der Waals surface area contributed by atoms with Crippen LogP contribution in [-0.4, -0.2) is 56.0 Å². The van der Waals surface area contributed by atoms with Crippen molar-refractivity contribution in [3.05, 3.63) is 0 Å². The van der Waals surface area contributed by atoms with Crippen molar-refractivity contribution < 1.29 is 4.79 Å². The first-order valence-corrected chi connectivity index (χ1v) is 5.24. The van der Waals surface area contributed by atoms with E-state index in [0.717, 1.165) is 26.1 Å². The van der Waals surface area contributed by atoms with E-state index in [2.05, 4.69) is 11.8 Å². The molecule has 14 heavy (non-hydrogen) atoms. The molecule has 0 aliphatic carbocycles. The predicted molar refractivity (Wildman–Crippen MR) is 59.1 cm³/mol. The van der Waals surface area contributed by atoms with Gasteiger partial charge in [-0.1, -0.05) is 6.92 Å². The van der Waals surface area contributed by atoms with Gasteiger partial charge in [-0.05, 0) is 26.6 Å². The smallest absolute Gasteiger partial charge is 0.223 e. The molecule has 0 aliphatic heterocycles. The topological polar surface area (TPSA) is 49.6 Å². The van der Waals surface area contributed by atoms with Crippen molar-refractivity contribution in [2.45, 2.75) is 19.8 Å². The molecule has 0 aromatic carbocycles. The SMILES string of the molecule is CCN(C)CCC(=O)N(C)CCCN.